The Labute approximate surface area is 99.8 Å². The molecule has 0 unspecified atom stereocenters. The van der Waals surface area contributed by atoms with Crippen molar-refractivity contribution in [3.63, 3.8) is 0 Å². The standard InChI is InChI=1S/C12H24O3Si/c1-6-16(7-2,8-3)11(4)9-10-15-12(13)14-5/h9H,6-8,10H2,1-5H3/b11-9+. The number of hydrogen-bond donors (Lipinski definition) is 0. The predicted molar refractivity (Wildman–Crippen MR) is 69.3 cm³/mol. The Kier molecular flexibility index (Phi) is 7.13. The molecular formula is C12H24O3Si. The molecular weight excluding hydrogens is 220 g/mol. The van der Waals surface area contributed by atoms with Crippen molar-refractivity contribution >= 4 is 14.2 Å². The lowest BCUT2D eigenvalue weighted by molar-refractivity contribution is 0.0817. The lowest BCUT2D eigenvalue weighted by atomic mass is 10.5. The highest BCUT2D eigenvalue weighted by Crippen LogP contribution is 2.27. The summed E-state index contributed by atoms with van der Waals surface area (Å²) in [5.74, 6) is 0. The molecule has 0 fully saturated rings. The zero-order valence-corrected chi connectivity index (χ0v) is 12.1. The molecule has 4 heteroatoms. The average molecular weight is 244 g/mol. The summed E-state index contributed by atoms with van der Waals surface area (Å²) in [6.45, 7) is 9.28. The molecule has 0 bridgehead atoms. The Hall–Kier alpha value is -0.773. The van der Waals surface area contributed by atoms with E-state index in [4.69, 9.17) is 4.74 Å². The Balaban J connectivity index is 4.44. The van der Waals surface area contributed by atoms with Crippen molar-refractivity contribution in [1.82, 2.24) is 0 Å². The topological polar surface area (TPSA) is 35.5 Å². The van der Waals surface area contributed by atoms with Crippen LogP contribution in [-0.4, -0.2) is 27.9 Å². The monoisotopic (exact) mass is 244 g/mol. The summed E-state index contributed by atoms with van der Waals surface area (Å²) in [7, 11) is 0.0475. The fraction of sp³-hybridized carbons (Fsp3) is 0.750. The van der Waals surface area contributed by atoms with E-state index >= 15 is 0 Å². The van der Waals surface area contributed by atoms with E-state index in [9.17, 15) is 4.79 Å². The highest BCUT2D eigenvalue weighted by molar-refractivity contribution is 6.86. The van der Waals surface area contributed by atoms with Crippen LogP contribution in [0.3, 0.4) is 0 Å². The number of carbonyl (C=O) groups is 1. The van der Waals surface area contributed by atoms with Gasteiger partial charge in [-0.2, -0.15) is 0 Å². The van der Waals surface area contributed by atoms with Crippen LogP contribution in [0.1, 0.15) is 27.7 Å². The van der Waals surface area contributed by atoms with Crippen molar-refractivity contribution in [2.24, 2.45) is 0 Å². The third kappa shape index (κ3) is 4.00. The zero-order valence-electron chi connectivity index (χ0n) is 11.1. The fourth-order valence-electron chi connectivity index (χ4n) is 2.10. The molecule has 0 N–H and O–H groups in total. The van der Waals surface area contributed by atoms with Crippen LogP contribution < -0.4 is 0 Å². The van der Waals surface area contributed by atoms with Gasteiger partial charge in [0, 0.05) is 0 Å². The smallest absolute Gasteiger partial charge is 0.438 e. The molecule has 0 amide bonds. The summed E-state index contributed by atoms with van der Waals surface area (Å²) < 4.78 is 9.29. The summed E-state index contributed by atoms with van der Waals surface area (Å²) in [4.78, 5) is 10.8. The van der Waals surface area contributed by atoms with Gasteiger partial charge in [-0.3, -0.25) is 0 Å². The molecule has 0 heterocycles. The first-order chi connectivity index (χ1) is 7.56. The largest absolute Gasteiger partial charge is 0.508 e. The minimum Gasteiger partial charge on any atom is -0.438 e. The molecule has 0 saturated carbocycles. The molecule has 0 aliphatic rings. The van der Waals surface area contributed by atoms with Crippen molar-refractivity contribution in [1.29, 1.82) is 0 Å². The van der Waals surface area contributed by atoms with E-state index in [2.05, 4.69) is 32.4 Å². The SMILES string of the molecule is CC[Si](CC)(CC)/C(C)=C/COC(=O)OC. The van der Waals surface area contributed by atoms with Crippen LogP contribution in [0.2, 0.25) is 18.1 Å². The van der Waals surface area contributed by atoms with Gasteiger partial charge in [0.1, 0.15) is 6.61 Å². The lowest BCUT2D eigenvalue weighted by Crippen LogP contribution is -2.33. The quantitative estimate of drug-likeness (QED) is 0.527. The Morgan fingerprint density at radius 1 is 1.19 bits per heavy atom. The van der Waals surface area contributed by atoms with Crippen LogP contribution >= 0.6 is 0 Å². The maximum absolute atomic E-state index is 10.8. The first kappa shape index (κ1) is 15.2. The van der Waals surface area contributed by atoms with Crippen LogP contribution in [0.15, 0.2) is 11.3 Å². The van der Waals surface area contributed by atoms with Gasteiger partial charge in [-0.05, 0) is 6.92 Å². The number of methoxy groups -OCH3 is 1. The van der Waals surface area contributed by atoms with E-state index in [0.717, 1.165) is 0 Å². The van der Waals surface area contributed by atoms with Crippen LogP contribution in [0, 0.1) is 0 Å². The summed E-state index contributed by atoms with van der Waals surface area (Å²) in [6, 6.07) is 3.75. The van der Waals surface area contributed by atoms with E-state index in [1.54, 1.807) is 0 Å². The number of ether oxygens (including phenoxy) is 2. The van der Waals surface area contributed by atoms with Gasteiger partial charge in [0.2, 0.25) is 0 Å². The van der Waals surface area contributed by atoms with Crippen molar-refractivity contribution < 1.29 is 14.3 Å². The minimum absolute atomic E-state index is 0.327. The molecule has 0 saturated heterocycles. The predicted octanol–water partition coefficient (Wildman–Crippen LogP) is 3.76. The molecule has 0 aromatic carbocycles. The van der Waals surface area contributed by atoms with Crippen LogP contribution in [0.5, 0.6) is 0 Å². The number of hydrogen-bond acceptors (Lipinski definition) is 3. The third-order valence-electron chi connectivity index (χ3n) is 3.62. The van der Waals surface area contributed by atoms with E-state index < -0.39 is 14.2 Å². The van der Waals surface area contributed by atoms with Gasteiger partial charge >= 0.3 is 6.16 Å². The minimum atomic E-state index is -1.27. The summed E-state index contributed by atoms with van der Waals surface area (Å²) in [6.07, 6.45) is 1.43. The molecule has 0 aliphatic heterocycles. The van der Waals surface area contributed by atoms with Gasteiger partial charge in [-0.1, -0.05) is 50.2 Å². The average Bonchev–Trinajstić information content (AvgIpc) is 2.31. The first-order valence-corrected chi connectivity index (χ1v) is 8.56. The van der Waals surface area contributed by atoms with Crippen molar-refractivity contribution in [3.05, 3.63) is 11.3 Å². The van der Waals surface area contributed by atoms with Crippen LogP contribution in [0.25, 0.3) is 0 Å². The van der Waals surface area contributed by atoms with Gasteiger partial charge in [0.05, 0.1) is 15.2 Å². The Morgan fingerprint density at radius 3 is 2.06 bits per heavy atom. The highest BCUT2D eigenvalue weighted by atomic mass is 28.3. The molecule has 0 spiro atoms. The first-order valence-electron chi connectivity index (χ1n) is 5.94. The third-order valence-corrected chi connectivity index (χ3v) is 9.56. The molecule has 0 rings (SSSR count). The van der Waals surface area contributed by atoms with Gasteiger partial charge in [0.25, 0.3) is 0 Å². The molecule has 0 aliphatic carbocycles. The number of carbonyl (C=O) groups excluding carboxylic acids is 1. The van der Waals surface area contributed by atoms with Gasteiger partial charge in [-0.15, -0.1) is 0 Å². The second-order valence-electron chi connectivity index (χ2n) is 3.99. The maximum atomic E-state index is 10.8. The van der Waals surface area contributed by atoms with E-state index in [0.29, 0.717) is 6.61 Å². The van der Waals surface area contributed by atoms with Gasteiger partial charge < -0.3 is 9.47 Å². The molecule has 0 atom stereocenters. The number of rotatable bonds is 6. The zero-order chi connectivity index (χ0) is 12.6. The van der Waals surface area contributed by atoms with Crippen LogP contribution in [-0.2, 0) is 9.47 Å². The molecule has 94 valence electrons. The van der Waals surface area contributed by atoms with Crippen molar-refractivity contribution in [2.45, 2.75) is 45.8 Å². The van der Waals surface area contributed by atoms with Crippen LogP contribution in [0.4, 0.5) is 4.79 Å². The van der Waals surface area contributed by atoms with E-state index in [1.807, 2.05) is 6.08 Å². The summed E-state index contributed by atoms with van der Waals surface area (Å²) in [5, 5.41) is 1.43. The molecule has 0 radical (unpaired) electrons. The van der Waals surface area contributed by atoms with Crippen molar-refractivity contribution in [2.75, 3.05) is 13.7 Å². The van der Waals surface area contributed by atoms with Gasteiger partial charge in [0.15, 0.2) is 0 Å². The lowest BCUT2D eigenvalue weighted by Gasteiger charge is -2.29. The molecule has 0 aromatic heterocycles. The number of allylic oxidation sites excluding steroid dienone is 1. The normalized spacial score (nSPS) is 12.4. The molecule has 0 aromatic rings. The summed E-state index contributed by atoms with van der Waals surface area (Å²) >= 11 is 0. The van der Waals surface area contributed by atoms with Gasteiger partial charge in [-0.25, -0.2) is 4.79 Å². The highest BCUT2D eigenvalue weighted by Gasteiger charge is 2.28. The van der Waals surface area contributed by atoms with Crippen molar-refractivity contribution in [3.8, 4) is 0 Å². The molecule has 3 nitrogen and oxygen atoms in total. The fourth-order valence-corrected chi connectivity index (χ4v) is 5.79. The Bertz CT molecular complexity index is 236. The Morgan fingerprint density at radius 2 is 1.69 bits per heavy atom. The second kappa shape index (κ2) is 7.49. The van der Waals surface area contributed by atoms with E-state index in [-0.39, 0.29) is 0 Å². The second-order valence-corrected chi connectivity index (χ2v) is 9.46. The molecule has 16 heavy (non-hydrogen) atoms. The summed E-state index contributed by atoms with van der Waals surface area (Å²) in [5.41, 5.74) is 0. The van der Waals surface area contributed by atoms with E-state index in [1.165, 1.54) is 30.4 Å². The maximum Gasteiger partial charge on any atom is 0.508 e.